The van der Waals surface area contributed by atoms with E-state index < -0.39 is 6.04 Å². The van der Waals surface area contributed by atoms with Crippen LogP contribution in [-0.4, -0.2) is 29.5 Å². The Morgan fingerprint density at radius 1 is 1.36 bits per heavy atom. The molecule has 7 heteroatoms. The molecule has 2 atom stereocenters. The second-order valence-corrected chi connectivity index (χ2v) is 5.86. The van der Waals surface area contributed by atoms with Gasteiger partial charge in [0, 0.05) is 24.5 Å². The number of pyridine rings is 1. The number of amides is 3. The summed E-state index contributed by atoms with van der Waals surface area (Å²) in [5.41, 5.74) is 1.96. The average Bonchev–Trinajstić information content (AvgIpc) is 3.08. The minimum absolute atomic E-state index is 0.169. The molecular formula is C18H20N4O3. The highest BCUT2D eigenvalue weighted by atomic mass is 16.5. The van der Waals surface area contributed by atoms with Gasteiger partial charge in [-0.1, -0.05) is 18.2 Å². The third kappa shape index (κ3) is 4.47. The summed E-state index contributed by atoms with van der Waals surface area (Å²) in [5, 5.41) is 8.02. The third-order valence-electron chi connectivity index (χ3n) is 3.96. The maximum Gasteiger partial charge on any atom is 0.315 e. The lowest BCUT2D eigenvalue weighted by Crippen LogP contribution is -2.43. The number of hydrogen-bond acceptors (Lipinski definition) is 4. The van der Waals surface area contributed by atoms with Crippen molar-refractivity contribution in [3.8, 4) is 5.75 Å². The zero-order chi connectivity index (χ0) is 17.6. The fourth-order valence-corrected chi connectivity index (χ4v) is 2.51. The number of carbonyl (C=O) groups excluding carboxylic acids is 2. The summed E-state index contributed by atoms with van der Waals surface area (Å²) >= 11 is 0. The zero-order valence-electron chi connectivity index (χ0n) is 13.9. The first-order valence-corrected chi connectivity index (χ1v) is 8.08. The van der Waals surface area contributed by atoms with Gasteiger partial charge in [0.1, 0.15) is 18.4 Å². The Labute approximate surface area is 145 Å². The molecule has 3 N–H and O–H groups in total. The number of rotatable bonds is 6. The second-order valence-electron chi connectivity index (χ2n) is 5.86. The van der Waals surface area contributed by atoms with Gasteiger partial charge < -0.3 is 20.7 Å². The van der Waals surface area contributed by atoms with Crippen LogP contribution in [0.1, 0.15) is 24.1 Å². The fourth-order valence-electron chi connectivity index (χ4n) is 2.51. The molecule has 130 valence electrons. The van der Waals surface area contributed by atoms with E-state index in [0.717, 1.165) is 16.9 Å². The highest BCUT2D eigenvalue weighted by Gasteiger charge is 2.27. The maximum atomic E-state index is 12.1. The summed E-state index contributed by atoms with van der Waals surface area (Å²) in [7, 11) is 0. The van der Waals surface area contributed by atoms with Crippen LogP contribution in [0.2, 0.25) is 0 Å². The summed E-state index contributed by atoms with van der Waals surface area (Å²) in [6.45, 7) is 2.65. The molecule has 1 fully saturated rings. The van der Waals surface area contributed by atoms with Gasteiger partial charge in [-0.25, -0.2) is 4.79 Å². The van der Waals surface area contributed by atoms with E-state index in [1.165, 1.54) is 0 Å². The first-order chi connectivity index (χ1) is 12.1. The van der Waals surface area contributed by atoms with E-state index in [1.54, 1.807) is 12.4 Å². The van der Waals surface area contributed by atoms with Crippen molar-refractivity contribution in [2.45, 2.75) is 25.6 Å². The summed E-state index contributed by atoms with van der Waals surface area (Å²) in [5.74, 6) is 0.543. The first-order valence-electron chi connectivity index (χ1n) is 8.08. The maximum absolute atomic E-state index is 12.1. The number of benzene rings is 1. The van der Waals surface area contributed by atoms with E-state index in [-0.39, 0.29) is 18.0 Å². The molecule has 1 aromatic heterocycles. The summed E-state index contributed by atoms with van der Waals surface area (Å²) in [6.07, 6.45) is 3.49. The molecule has 25 heavy (non-hydrogen) atoms. The third-order valence-corrected chi connectivity index (χ3v) is 3.96. The van der Waals surface area contributed by atoms with Crippen LogP contribution in [0.15, 0.2) is 48.8 Å². The number of ether oxygens (including phenoxy) is 1. The molecule has 2 aromatic rings. The van der Waals surface area contributed by atoms with Gasteiger partial charge >= 0.3 is 6.03 Å². The Kier molecular flexibility index (Phi) is 5.13. The Morgan fingerprint density at radius 2 is 2.16 bits per heavy atom. The van der Waals surface area contributed by atoms with E-state index in [1.807, 2.05) is 43.3 Å². The standard InChI is InChI=1S/C18H20N4O3/c1-12(21-17(23)16-10-20-18(24)22-16)14-4-6-15(7-5-14)25-11-13-3-2-8-19-9-13/h2-9,12,16H,10-11H2,1H3,(H,21,23)(H2,20,22,24). The minimum Gasteiger partial charge on any atom is -0.489 e. The smallest absolute Gasteiger partial charge is 0.315 e. The topological polar surface area (TPSA) is 92.4 Å². The second kappa shape index (κ2) is 7.65. The van der Waals surface area contributed by atoms with Crippen LogP contribution < -0.4 is 20.7 Å². The number of urea groups is 1. The van der Waals surface area contributed by atoms with Crippen LogP contribution in [0.3, 0.4) is 0 Å². The predicted molar refractivity (Wildman–Crippen MR) is 91.9 cm³/mol. The van der Waals surface area contributed by atoms with Crippen LogP contribution in [-0.2, 0) is 11.4 Å². The minimum atomic E-state index is -0.531. The van der Waals surface area contributed by atoms with Crippen LogP contribution in [0.4, 0.5) is 4.79 Å². The summed E-state index contributed by atoms with van der Waals surface area (Å²) < 4.78 is 5.72. The van der Waals surface area contributed by atoms with Gasteiger partial charge in [0.05, 0.1) is 6.04 Å². The van der Waals surface area contributed by atoms with Crippen molar-refractivity contribution in [1.82, 2.24) is 20.9 Å². The van der Waals surface area contributed by atoms with Crippen molar-refractivity contribution in [3.05, 3.63) is 59.9 Å². The molecule has 1 aliphatic rings. The van der Waals surface area contributed by atoms with Gasteiger partial charge in [0.15, 0.2) is 0 Å². The quantitative estimate of drug-likeness (QED) is 0.743. The van der Waals surface area contributed by atoms with Crippen LogP contribution in [0.5, 0.6) is 5.75 Å². The van der Waals surface area contributed by atoms with Crippen molar-refractivity contribution >= 4 is 11.9 Å². The molecule has 2 unspecified atom stereocenters. The van der Waals surface area contributed by atoms with Gasteiger partial charge in [-0.2, -0.15) is 0 Å². The number of carbonyl (C=O) groups is 2. The van der Waals surface area contributed by atoms with E-state index in [0.29, 0.717) is 13.2 Å². The highest BCUT2D eigenvalue weighted by molar-refractivity contribution is 5.90. The molecule has 2 heterocycles. The SMILES string of the molecule is CC(NC(=O)C1CNC(=O)N1)c1ccc(OCc2cccnc2)cc1. The van der Waals surface area contributed by atoms with Crippen molar-refractivity contribution in [2.75, 3.05) is 6.54 Å². The van der Waals surface area contributed by atoms with E-state index in [2.05, 4.69) is 20.9 Å². The Balaban J connectivity index is 1.52. The van der Waals surface area contributed by atoms with Crippen molar-refractivity contribution in [1.29, 1.82) is 0 Å². The Bertz CT molecular complexity index is 734. The molecule has 7 nitrogen and oxygen atoms in total. The largest absolute Gasteiger partial charge is 0.489 e. The fraction of sp³-hybridized carbons (Fsp3) is 0.278. The molecule has 0 saturated carbocycles. The van der Waals surface area contributed by atoms with Gasteiger partial charge in [0.25, 0.3) is 0 Å². The molecule has 1 saturated heterocycles. The van der Waals surface area contributed by atoms with Crippen molar-refractivity contribution < 1.29 is 14.3 Å². The van der Waals surface area contributed by atoms with Gasteiger partial charge in [-0.15, -0.1) is 0 Å². The van der Waals surface area contributed by atoms with Gasteiger partial charge in [0.2, 0.25) is 5.91 Å². The van der Waals surface area contributed by atoms with Crippen LogP contribution in [0.25, 0.3) is 0 Å². The Morgan fingerprint density at radius 3 is 2.80 bits per heavy atom. The summed E-state index contributed by atoms with van der Waals surface area (Å²) in [6, 6.07) is 10.4. The number of nitrogens with one attached hydrogen (secondary N) is 3. The molecule has 1 aromatic carbocycles. The lowest BCUT2D eigenvalue weighted by Gasteiger charge is -2.17. The molecule has 1 aliphatic heterocycles. The first kappa shape index (κ1) is 16.8. The Hall–Kier alpha value is -3.09. The number of nitrogens with zero attached hydrogens (tertiary/aromatic N) is 1. The molecule has 3 amide bonds. The van der Waals surface area contributed by atoms with E-state index in [4.69, 9.17) is 4.74 Å². The number of hydrogen-bond donors (Lipinski definition) is 3. The van der Waals surface area contributed by atoms with E-state index >= 15 is 0 Å². The molecule has 0 bridgehead atoms. The molecule has 0 radical (unpaired) electrons. The van der Waals surface area contributed by atoms with Gasteiger partial charge in [-0.3, -0.25) is 9.78 Å². The molecule has 0 aliphatic carbocycles. The highest BCUT2D eigenvalue weighted by Crippen LogP contribution is 2.18. The van der Waals surface area contributed by atoms with Crippen molar-refractivity contribution in [2.24, 2.45) is 0 Å². The van der Waals surface area contributed by atoms with Crippen LogP contribution in [0, 0.1) is 0 Å². The number of aromatic nitrogens is 1. The lowest BCUT2D eigenvalue weighted by molar-refractivity contribution is -0.123. The average molecular weight is 340 g/mol. The molecule has 0 spiro atoms. The van der Waals surface area contributed by atoms with Crippen molar-refractivity contribution in [3.63, 3.8) is 0 Å². The van der Waals surface area contributed by atoms with Gasteiger partial charge in [-0.05, 0) is 30.7 Å². The summed E-state index contributed by atoms with van der Waals surface area (Å²) in [4.78, 5) is 27.2. The van der Waals surface area contributed by atoms with Crippen LogP contribution >= 0.6 is 0 Å². The molecule has 3 rings (SSSR count). The predicted octanol–water partition coefficient (Wildman–Crippen LogP) is 1.52. The normalized spacial score (nSPS) is 17.3. The monoisotopic (exact) mass is 340 g/mol. The lowest BCUT2D eigenvalue weighted by atomic mass is 10.1. The van der Waals surface area contributed by atoms with E-state index in [9.17, 15) is 9.59 Å². The molecular weight excluding hydrogens is 320 g/mol. The zero-order valence-corrected chi connectivity index (χ0v) is 13.9.